The van der Waals surface area contributed by atoms with E-state index < -0.39 is 0 Å². The Morgan fingerprint density at radius 2 is 2.12 bits per heavy atom. The standard InChI is InChI=1S/C14H29N3/c1-13(15-2)6-5-8-16-10-11-17-9-4-3-7-14(17)12-16/h13-15H,3-12H2,1-2H3. The zero-order valence-corrected chi connectivity index (χ0v) is 11.6. The van der Waals surface area contributed by atoms with Gasteiger partial charge in [0, 0.05) is 31.7 Å². The minimum absolute atomic E-state index is 0.672. The van der Waals surface area contributed by atoms with Crippen LogP contribution in [0.25, 0.3) is 0 Å². The van der Waals surface area contributed by atoms with Crippen molar-refractivity contribution in [2.45, 2.75) is 51.1 Å². The van der Waals surface area contributed by atoms with E-state index in [1.54, 1.807) is 0 Å². The normalized spacial score (nSPS) is 28.9. The molecule has 2 unspecified atom stereocenters. The Kier molecular flexibility index (Phi) is 5.26. The number of piperidine rings is 1. The Labute approximate surface area is 107 Å². The molecule has 0 aromatic carbocycles. The van der Waals surface area contributed by atoms with Crippen LogP contribution in [-0.4, -0.2) is 61.7 Å². The molecule has 0 saturated carbocycles. The molecule has 2 atom stereocenters. The summed E-state index contributed by atoms with van der Waals surface area (Å²) >= 11 is 0. The van der Waals surface area contributed by atoms with E-state index in [0.29, 0.717) is 6.04 Å². The van der Waals surface area contributed by atoms with Crippen molar-refractivity contribution in [3.8, 4) is 0 Å². The molecule has 17 heavy (non-hydrogen) atoms. The van der Waals surface area contributed by atoms with Gasteiger partial charge in [0.1, 0.15) is 0 Å². The minimum atomic E-state index is 0.672. The van der Waals surface area contributed by atoms with Gasteiger partial charge in [0.05, 0.1) is 0 Å². The van der Waals surface area contributed by atoms with E-state index in [2.05, 4.69) is 29.1 Å². The van der Waals surface area contributed by atoms with Crippen molar-refractivity contribution in [3.63, 3.8) is 0 Å². The van der Waals surface area contributed by atoms with Gasteiger partial charge in [-0.2, -0.15) is 0 Å². The van der Waals surface area contributed by atoms with Crippen LogP contribution in [0.2, 0.25) is 0 Å². The number of piperazine rings is 1. The third-order valence-corrected chi connectivity index (χ3v) is 4.53. The average molecular weight is 239 g/mol. The molecule has 100 valence electrons. The summed E-state index contributed by atoms with van der Waals surface area (Å²) in [4.78, 5) is 5.41. The van der Waals surface area contributed by atoms with Crippen molar-refractivity contribution in [2.75, 3.05) is 39.8 Å². The molecule has 3 nitrogen and oxygen atoms in total. The number of rotatable bonds is 5. The molecule has 2 aliphatic rings. The van der Waals surface area contributed by atoms with E-state index in [4.69, 9.17) is 0 Å². The molecule has 0 amide bonds. The molecule has 3 heteroatoms. The van der Waals surface area contributed by atoms with Crippen LogP contribution in [0, 0.1) is 0 Å². The first-order chi connectivity index (χ1) is 8.29. The fourth-order valence-corrected chi connectivity index (χ4v) is 3.19. The lowest BCUT2D eigenvalue weighted by molar-refractivity contribution is 0.0484. The molecular formula is C14H29N3. The molecule has 1 N–H and O–H groups in total. The summed E-state index contributed by atoms with van der Waals surface area (Å²) in [6.07, 6.45) is 6.96. The highest BCUT2D eigenvalue weighted by atomic mass is 15.3. The lowest BCUT2D eigenvalue weighted by Crippen LogP contribution is -2.54. The van der Waals surface area contributed by atoms with Gasteiger partial charge >= 0.3 is 0 Å². The Balaban J connectivity index is 1.65. The summed E-state index contributed by atoms with van der Waals surface area (Å²) in [6.45, 7) is 8.87. The number of fused-ring (bicyclic) bond motifs is 1. The second-order valence-electron chi connectivity index (χ2n) is 5.82. The van der Waals surface area contributed by atoms with Gasteiger partial charge in [-0.05, 0) is 52.7 Å². The zero-order chi connectivity index (χ0) is 12.1. The zero-order valence-electron chi connectivity index (χ0n) is 11.6. The number of hydrogen-bond acceptors (Lipinski definition) is 3. The first-order valence-electron chi connectivity index (χ1n) is 7.43. The van der Waals surface area contributed by atoms with Gasteiger partial charge in [-0.25, -0.2) is 0 Å². The maximum atomic E-state index is 3.32. The maximum Gasteiger partial charge on any atom is 0.0223 e. The third kappa shape index (κ3) is 3.94. The highest BCUT2D eigenvalue weighted by molar-refractivity contribution is 4.85. The first kappa shape index (κ1) is 13.3. The van der Waals surface area contributed by atoms with Gasteiger partial charge in [0.25, 0.3) is 0 Å². The Morgan fingerprint density at radius 3 is 2.94 bits per heavy atom. The minimum Gasteiger partial charge on any atom is -0.317 e. The molecule has 2 fully saturated rings. The average Bonchev–Trinajstić information content (AvgIpc) is 2.38. The van der Waals surface area contributed by atoms with Crippen LogP contribution < -0.4 is 5.32 Å². The quantitative estimate of drug-likeness (QED) is 0.785. The van der Waals surface area contributed by atoms with Crippen molar-refractivity contribution in [2.24, 2.45) is 0 Å². The molecular weight excluding hydrogens is 210 g/mol. The number of nitrogens with zero attached hydrogens (tertiary/aromatic N) is 2. The summed E-state index contributed by atoms with van der Waals surface area (Å²) in [7, 11) is 2.06. The predicted octanol–water partition coefficient (Wildman–Crippen LogP) is 1.54. The lowest BCUT2D eigenvalue weighted by Gasteiger charge is -2.44. The van der Waals surface area contributed by atoms with E-state index in [1.165, 1.54) is 64.8 Å². The molecule has 0 aromatic heterocycles. The van der Waals surface area contributed by atoms with Gasteiger partial charge in [-0.15, -0.1) is 0 Å². The fraction of sp³-hybridized carbons (Fsp3) is 1.00. The molecule has 2 aliphatic heterocycles. The fourth-order valence-electron chi connectivity index (χ4n) is 3.19. The summed E-state index contributed by atoms with van der Waals surface area (Å²) in [5.41, 5.74) is 0. The second kappa shape index (κ2) is 6.72. The Hall–Kier alpha value is -0.120. The largest absolute Gasteiger partial charge is 0.317 e. The van der Waals surface area contributed by atoms with Gasteiger partial charge in [-0.3, -0.25) is 4.90 Å². The molecule has 2 heterocycles. The molecule has 0 bridgehead atoms. The van der Waals surface area contributed by atoms with Crippen LogP contribution in [0.3, 0.4) is 0 Å². The lowest BCUT2D eigenvalue weighted by atomic mass is 9.99. The van der Waals surface area contributed by atoms with Crippen molar-refractivity contribution in [3.05, 3.63) is 0 Å². The summed E-state index contributed by atoms with van der Waals surface area (Å²) in [5, 5.41) is 3.32. The highest BCUT2D eigenvalue weighted by Gasteiger charge is 2.28. The molecule has 2 rings (SSSR count). The van der Waals surface area contributed by atoms with E-state index in [9.17, 15) is 0 Å². The summed E-state index contributed by atoms with van der Waals surface area (Å²) < 4.78 is 0. The highest BCUT2D eigenvalue weighted by Crippen LogP contribution is 2.21. The van der Waals surface area contributed by atoms with Crippen molar-refractivity contribution >= 4 is 0 Å². The van der Waals surface area contributed by atoms with Crippen LogP contribution in [0.1, 0.15) is 39.0 Å². The molecule has 0 aliphatic carbocycles. The molecule has 0 spiro atoms. The molecule has 0 aromatic rings. The summed E-state index contributed by atoms with van der Waals surface area (Å²) in [5.74, 6) is 0. The van der Waals surface area contributed by atoms with Gasteiger partial charge in [0.2, 0.25) is 0 Å². The van der Waals surface area contributed by atoms with Crippen LogP contribution in [0.15, 0.2) is 0 Å². The van der Waals surface area contributed by atoms with Crippen LogP contribution in [-0.2, 0) is 0 Å². The van der Waals surface area contributed by atoms with Crippen molar-refractivity contribution in [1.82, 2.24) is 15.1 Å². The smallest absolute Gasteiger partial charge is 0.0223 e. The van der Waals surface area contributed by atoms with Crippen molar-refractivity contribution in [1.29, 1.82) is 0 Å². The SMILES string of the molecule is CNC(C)CCCN1CCN2CCCCC2C1. The van der Waals surface area contributed by atoms with Gasteiger partial charge in [-0.1, -0.05) is 6.42 Å². The van der Waals surface area contributed by atoms with E-state index in [1.807, 2.05) is 0 Å². The predicted molar refractivity (Wildman–Crippen MR) is 73.4 cm³/mol. The molecule has 2 saturated heterocycles. The first-order valence-corrected chi connectivity index (χ1v) is 7.43. The third-order valence-electron chi connectivity index (χ3n) is 4.53. The number of hydrogen-bond donors (Lipinski definition) is 1. The topological polar surface area (TPSA) is 18.5 Å². The van der Waals surface area contributed by atoms with Crippen LogP contribution >= 0.6 is 0 Å². The molecule has 0 radical (unpaired) electrons. The van der Waals surface area contributed by atoms with E-state index >= 15 is 0 Å². The Morgan fingerprint density at radius 1 is 1.24 bits per heavy atom. The van der Waals surface area contributed by atoms with Crippen LogP contribution in [0.5, 0.6) is 0 Å². The maximum absolute atomic E-state index is 3.32. The van der Waals surface area contributed by atoms with Gasteiger partial charge < -0.3 is 10.2 Å². The summed E-state index contributed by atoms with van der Waals surface area (Å²) in [6, 6.07) is 1.55. The van der Waals surface area contributed by atoms with E-state index in [-0.39, 0.29) is 0 Å². The van der Waals surface area contributed by atoms with Gasteiger partial charge in [0.15, 0.2) is 0 Å². The Bertz CT molecular complexity index is 220. The second-order valence-corrected chi connectivity index (χ2v) is 5.82. The number of nitrogens with one attached hydrogen (secondary N) is 1. The monoisotopic (exact) mass is 239 g/mol. The van der Waals surface area contributed by atoms with Crippen molar-refractivity contribution < 1.29 is 0 Å². The van der Waals surface area contributed by atoms with Crippen LogP contribution in [0.4, 0.5) is 0 Å². The van der Waals surface area contributed by atoms with E-state index in [0.717, 1.165) is 6.04 Å².